The monoisotopic (exact) mass is 246 g/mol. The Morgan fingerprint density at radius 3 is 2.68 bits per heavy atom. The minimum Gasteiger partial charge on any atom is -0.383 e. The van der Waals surface area contributed by atoms with Gasteiger partial charge in [-0.3, -0.25) is 4.98 Å². The van der Waals surface area contributed by atoms with Gasteiger partial charge in [0.1, 0.15) is 17.5 Å². The fraction of sp³-hybridized carbons (Fsp3) is 0. The van der Waals surface area contributed by atoms with Crippen LogP contribution in [0.2, 0.25) is 0 Å². The van der Waals surface area contributed by atoms with Gasteiger partial charge in [0.2, 0.25) is 0 Å². The number of hydrogen-bond donors (Lipinski definition) is 1. The molecule has 0 unspecified atom stereocenters. The molecule has 0 fully saturated rings. The van der Waals surface area contributed by atoms with Gasteiger partial charge in [-0.1, -0.05) is 24.3 Å². The molecule has 19 heavy (non-hydrogen) atoms. The third-order valence-electron chi connectivity index (χ3n) is 2.98. The predicted molar refractivity (Wildman–Crippen MR) is 74.1 cm³/mol. The zero-order valence-electron chi connectivity index (χ0n) is 10.0. The number of hydrogen-bond acceptors (Lipinski definition) is 4. The number of nitrogens with two attached hydrogens (primary N) is 1. The highest BCUT2D eigenvalue weighted by molar-refractivity contribution is 5.99. The molecule has 1 aromatic carbocycles. The van der Waals surface area contributed by atoms with Gasteiger partial charge in [0.25, 0.3) is 0 Å². The van der Waals surface area contributed by atoms with Gasteiger partial charge in [-0.2, -0.15) is 5.26 Å². The van der Waals surface area contributed by atoms with Crippen LogP contribution >= 0.6 is 0 Å². The highest BCUT2D eigenvalue weighted by Crippen LogP contribution is 2.32. The molecule has 0 aliphatic rings. The molecule has 0 spiro atoms. The Morgan fingerprint density at radius 2 is 1.95 bits per heavy atom. The number of rotatable bonds is 1. The lowest BCUT2D eigenvalue weighted by Gasteiger charge is -2.10. The number of nitrogen functional groups attached to an aromatic ring is 1. The van der Waals surface area contributed by atoms with Crippen molar-refractivity contribution >= 4 is 16.7 Å². The quantitative estimate of drug-likeness (QED) is 0.716. The summed E-state index contributed by atoms with van der Waals surface area (Å²) in [5.41, 5.74) is 8.71. The van der Waals surface area contributed by atoms with Crippen LogP contribution in [0, 0.1) is 11.3 Å². The van der Waals surface area contributed by atoms with Crippen molar-refractivity contribution in [2.75, 3.05) is 5.73 Å². The summed E-state index contributed by atoms with van der Waals surface area (Å²) in [6.45, 7) is 0. The van der Waals surface area contributed by atoms with Gasteiger partial charge in [0.05, 0.1) is 5.52 Å². The summed E-state index contributed by atoms with van der Waals surface area (Å²) in [5, 5.41) is 10.2. The first-order valence-electron chi connectivity index (χ1n) is 5.80. The molecule has 2 aromatic heterocycles. The summed E-state index contributed by atoms with van der Waals surface area (Å²) < 4.78 is 0. The summed E-state index contributed by atoms with van der Waals surface area (Å²) in [5.74, 6) is 0.250. The van der Waals surface area contributed by atoms with Crippen LogP contribution in [0.15, 0.2) is 48.8 Å². The van der Waals surface area contributed by atoms with E-state index in [4.69, 9.17) is 5.73 Å². The molecular formula is C15H10N4. The van der Waals surface area contributed by atoms with E-state index in [2.05, 4.69) is 16.0 Å². The highest BCUT2D eigenvalue weighted by Gasteiger charge is 2.14. The normalized spacial score (nSPS) is 10.3. The van der Waals surface area contributed by atoms with Crippen molar-refractivity contribution in [1.82, 2.24) is 9.97 Å². The van der Waals surface area contributed by atoms with Gasteiger partial charge >= 0.3 is 0 Å². The van der Waals surface area contributed by atoms with Crippen LogP contribution in [-0.2, 0) is 0 Å². The molecule has 4 heteroatoms. The Kier molecular flexibility index (Phi) is 2.58. The number of anilines is 1. The van der Waals surface area contributed by atoms with Crippen molar-refractivity contribution in [2.24, 2.45) is 0 Å². The number of para-hydroxylation sites is 1. The lowest BCUT2D eigenvalue weighted by Crippen LogP contribution is -1.99. The summed E-state index contributed by atoms with van der Waals surface area (Å²) in [6, 6.07) is 13.5. The summed E-state index contributed by atoms with van der Waals surface area (Å²) in [7, 11) is 0. The third kappa shape index (κ3) is 1.78. The molecule has 0 amide bonds. The van der Waals surface area contributed by atoms with Crippen molar-refractivity contribution in [3.8, 4) is 17.2 Å². The van der Waals surface area contributed by atoms with E-state index in [1.165, 1.54) is 0 Å². The van der Waals surface area contributed by atoms with E-state index in [0.29, 0.717) is 5.56 Å². The molecule has 90 valence electrons. The number of nitrogens with zero attached hydrogens (tertiary/aromatic N) is 3. The fourth-order valence-corrected chi connectivity index (χ4v) is 2.15. The van der Waals surface area contributed by atoms with Crippen molar-refractivity contribution in [3.63, 3.8) is 0 Å². The molecule has 0 aliphatic carbocycles. The molecule has 0 radical (unpaired) electrons. The van der Waals surface area contributed by atoms with Crippen molar-refractivity contribution in [2.45, 2.75) is 0 Å². The van der Waals surface area contributed by atoms with Crippen LogP contribution < -0.4 is 5.73 Å². The van der Waals surface area contributed by atoms with Crippen LogP contribution in [0.25, 0.3) is 22.0 Å². The fourth-order valence-electron chi connectivity index (χ4n) is 2.15. The topological polar surface area (TPSA) is 75.6 Å². The standard InChI is InChI=1S/C15H10N4/c16-8-12-14(10-4-3-7-18-9-10)11-5-1-2-6-13(11)19-15(12)17/h1-7,9H,(H2,17,19). The van der Waals surface area contributed by atoms with Gasteiger partial charge in [-0.05, 0) is 12.1 Å². The smallest absolute Gasteiger partial charge is 0.142 e. The van der Waals surface area contributed by atoms with Crippen LogP contribution in [0.1, 0.15) is 5.56 Å². The summed E-state index contributed by atoms with van der Waals surface area (Å²) in [6.07, 6.45) is 3.42. The molecule has 0 atom stereocenters. The Balaban J connectivity index is 2.48. The van der Waals surface area contributed by atoms with E-state index in [1.807, 2.05) is 36.4 Å². The Bertz CT molecular complexity index is 788. The first kappa shape index (κ1) is 11.2. The first-order chi connectivity index (χ1) is 9.31. The van der Waals surface area contributed by atoms with Gasteiger partial charge in [-0.15, -0.1) is 0 Å². The second kappa shape index (κ2) is 4.39. The van der Waals surface area contributed by atoms with E-state index in [0.717, 1.165) is 22.0 Å². The van der Waals surface area contributed by atoms with Crippen LogP contribution in [0.4, 0.5) is 5.82 Å². The van der Waals surface area contributed by atoms with Gasteiger partial charge in [-0.25, -0.2) is 4.98 Å². The van der Waals surface area contributed by atoms with E-state index in [9.17, 15) is 5.26 Å². The number of nitriles is 1. The van der Waals surface area contributed by atoms with E-state index < -0.39 is 0 Å². The van der Waals surface area contributed by atoms with Crippen LogP contribution in [0.3, 0.4) is 0 Å². The summed E-state index contributed by atoms with van der Waals surface area (Å²) >= 11 is 0. The lowest BCUT2D eigenvalue weighted by molar-refractivity contribution is 1.32. The van der Waals surface area contributed by atoms with E-state index in [1.54, 1.807) is 12.4 Å². The molecule has 3 rings (SSSR count). The Hall–Kier alpha value is -2.93. The molecule has 0 aliphatic heterocycles. The van der Waals surface area contributed by atoms with Gasteiger partial charge < -0.3 is 5.73 Å². The number of benzene rings is 1. The van der Waals surface area contributed by atoms with Crippen molar-refractivity contribution in [3.05, 3.63) is 54.4 Å². The average Bonchev–Trinajstić information content (AvgIpc) is 2.46. The zero-order chi connectivity index (χ0) is 13.2. The van der Waals surface area contributed by atoms with Crippen LogP contribution in [-0.4, -0.2) is 9.97 Å². The number of aromatic nitrogens is 2. The maximum atomic E-state index is 9.33. The van der Waals surface area contributed by atoms with E-state index >= 15 is 0 Å². The minimum absolute atomic E-state index is 0.250. The average molecular weight is 246 g/mol. The number of fused-ring (bicyclic) bond motifs is 1. The maximum absolute atomic E-state index is 9.33. The first-order valence-corrected chi connectivity index (χ1v) is 5.80. The largest absolute Gasteiger partial charge is 0.383 e. The molecule has 2 heterocycles. The maximum Gasteiger partial charge on any atom is 0.142 e. The van der Waals surface area contributed by atoms with Crippen molar-refractivity contribution in [1.29, 1.82) is 5.26 Å². The minimum atomic E-state index is 0.250. The van der Waals surface area contributed by atoms with Gasteiger partial charge in [0.15, 0.2) is 0 Å². The summed E-state index contributed by atoms with van der Waals surface area (Å²) in [4.78, 5) is 8.37. The highest BCUT2D eigenvalue weighted by atomic mass is 14.8. The molecule has 3 aromatic rings. The second-order valence-corrected chi connectivity index (χ2v) is 4.12. The molecule has 4 nitrogen and oxygen atoms in total. The Labute approximate surface area is 110 Å². The molecule has 2 N–H and O–H groups in total. The molecule has 0 bridgehead atoms. The number of pyridine rings is 2. The SMILES string of the molecule is N#Cc1c(N)nc2ccccc2c1-c1cccnc1. The molecule has 0 saturated heterocycles. The van der Waals surface area contributed by atoms with E-state index in [-0.39, 0.29) is 5.82 Å². The lowest BCUT2D eigenvalue weighted by atomic mass is 9.97. The molecular weight excluding hydrogens is 236 g/mol. The second-order valence-electron chi connectivity index (χ2n) is 4.12. The third-order valence-corrected chi connectivity index (χ3v) is 2.98. The zero-order valence-corrected chi connectivity index (χ0v) is 10.0. The Morgan fingerprint density at radius 1 is 1.11 bits per heavy atom. The predicted octanol–water partition coefficient (Wildman–Crippen LogP) is 2.75. The molecule has 0 saturated carbocycles. The van der Waals surface area contributed by atoms with Gasteiger partial charge in [0, 0.05) is 28.9 Å². The van der Waals surface area contributed by atoms with Crippen LogP contribution in [0.5, 0.6) is 0 Å². The van der Waals surface area contributed by atoms with Crippen molar-refractivity contribution < 1.29 is 0 Å².